The van der Waals surface area contributed by atoms with Crippen LogP contribution in [0.4, 0.5) is 0 Å². The summed E-state index contributed by atoms with van der Waals surface area (Å²) in [5.41, 5.74) is 0. The summed E-state index contributed by atoms with van der Waals surface area (Å²) in [5, 5.41) is 0. The first-order valence-electron chi connectivity index (χ1n) is 3.61. The first-order valence-corrected chi connectivity index (χ1v) is 5.04. The van der Waals surface area contributed by atoms with Crippen LogP contribution in [0, 0.1) is 0 Å². The molecule has 0 aromatic rings. The number of hydrogen-bond donors (Lipinski definition) is 2. The Morgan fingerprint density at radius 2 is 2.25 bits per heavy atom. The molecule has 0 rings (SSSR count). The van der Waals surface area contributed by atoms with Crippen molar-refractivity contribution in [1.82, 2.24) is 0 Å². The Morgan fingerprint density at radius 1 is 1.58 bits per heavy atom. The van der Waals surface area contributed by atoms with Gasteiger partial charge in [0.05, 0.1) is 6.61 Å². The molecule has 0 aliphatic rings. The van der Waals surface area contributed by atoms with Gasteiger partial charge in [-0.15, -0.1) is 0 Å². The topological polar surface area (TPSA) is 66.8 Å². The highest BCUT2D eigenvalue weighted by molar-refractivity contribution is 7.45. The highest BCUT2D eigenvalue weighted by Gasteiger charge is 1.99. The van der Waals surface area contributed by atoms with Crippen molar-refractivity contribution in [3.63, 3.8) is 0 Å². The third kappa shape index (κ3) is 7.66. The lowest BCUT2D eigenvalue weighted by Gasteiger charge is -2.02. The molecule has 0 amide bonds. The Kier molecular flexibility index (Phi) is 6.96. The smallest absolute Gasteiger partial charge is 0.330 e. The maximum Gasteiger partial charge on any atom is 0.330 e. The summed E-state index contributed by atoms with van der Waals surface area (Å²) in [6, 6.07) is 0. The zero-order valence-corrected chi connectivity index (χ0v) is 7.83. The number of rotatable bonds is 5. The second kappa shape index (κ2) is 7.22. The standard InChI is InChI=1S/C7H13O4P/c1-2-4-7(8)11-5-3-6-12(9)10/h2,4,9-10H,3,5-6H2,1H3. The Hall–Kier alpha value is -0.440. The van der Waals surface area contributed by atoms with Crippen molar-refractivity contribution >= 4 is 14.3 Å². The third-order valence-electron chi connectivity index (χ3n) is 1.05. The molecule has 0 bridgehead atoms. The fourth-order valence-electron chi connectivity index (χ4n) is 0.563. The number of carbonyl (C=O) groups excluding carboxylic acids is 1. The molecule has 12 heavy (non-hydrogen) atoms. The summed E-state index contributed by atoms with van der Waals surface area (Å²) in [6.07, 6.45) is 3.69. The molecule has 0 radical (unpaired) electrons. The molecule has 4 nitrogen and oxygen atoms in total. The molecule has 0 fully saturated rings. The number of ether oxygens (including phenoxy) is 1. The number of carbonyl (C=O) groups is 1. The van der Waals surface area contributed by atoms with Gasteiger partial charge in [-0.25, -0.2) is 4.79 Å². The third-order valence-corrected chi connectivity index (χ3v) is 1.77. The Balaban J connectivity index is 3.25. The molecule has 0 spiro atoms. The van der Waals surface area contributed by atoms with Gasteiger partial charge in [0, 0.05) is 12.2 Å². The van der Waals surface area contributed by atoms with Crippen LogP contribution in [0.3, 0.4) is 0 Å². The van der Waals surface area contributed by atoms with Crippen LogP contribution in [-0.2, 0) is 9.53 Å². The van der Waals surface area contributed by atoms with Crippen molar-refractivity contribution in [2.24, 2.45) is 0 Å². The fraction of sp³-hybridized carbons (Fsp3) is 0.571. The van der Waals surface area contributed by atoms with E-state index in [1.54, 1.807) is 13.0 Å². The van der Waals surface area contributed by atoms with Gasteiger partial charge in [0.25, 0.3) is 0 Å². The molecule has 0 aromatic carbocycles. The fourth-order valence-corrected chi connectivity index (χ4v) is 0.975. The molecule has 0 saturated heterocycles. The average Bonchev–Trinajstić information content (AvgIpc) is 1.98. The van der Waals surface area contributed by atoms with E-state index in [4.69, 9.17) is 14.5 Å². The molecule has 0 heterocycles. The molecule has 0 aliphatic heterocycles. The predicted molar refractivity (Wildman–Crippen MR) is 46.6 cm³/mol. The largest absolute Gasteiger partial charge is 0.463 e. The van der Waals surface area contributed by atoms with Gasteiger partial charge in [-0.3, -0.25) is 0 Å². The zero-order valence-electron chi connectivity index (χ0n) is 6.93. The number of hydrogen-bond acceptors (Lipinski definition) is 4. The van der Waals surface area contributed by atoms with E-state index in [1.807, 2.05) is 0 Å². The maximum atomic E-state index is 10.7. The van der Waals surface area contributed by atoms with Gasteiger partial charge in [0.1, 0.15) is 0 Å². The van der Waals surface area contributed by atoms with E-state index in [2.05, 4.69) is 0 Å². The molecule has 70 valence electrons. The monoisotopic (exact) mass is 192 g/mol. The van der Waals surface area contributed by atoms with Crippen molar-refractivity contribution in [2.75, 3.05) is 12.8 Å². The van der Waals surface area contributed by atoms with Crippen LogP contribution in [-0.4, -0.2) is 28.5 Å². The molecule has 5 heteroatoms. The van der Waals surface area contributed by atoms with Crippen molar-refractivity contribution < 1.29 is 19.3 Å². The first-order chi connectivity index (χ1) is 5.66. The van der Waals surface area contributed by atoms with Crippen molar-refractivity contribution in [3.05, 3.63) is 12.2 Å². The second-order valence-electron chi connectivity index (χ2n) is 2.12. The van der Waals surface area contributed by atoms with Crippen molar-refractivity contribution in [2.45, 2.75) is 13.3 Å². The molecule has 0 atom stereocenters. The van der Waals surface area contributed by atoms with E-state index in [1.165, 1.54) is 6.08 Å². The Labute approximate surface area is 72.8 Å². The molecule has 0 saturated carbocycles. The van der Waals surface area contributed by atoms with E-state index in [0.29, 0.717) is 12.6 Å². The number of allylic oxidation sites excluding steroid dienone is 1. The van der Waals surface area contributed by atoms with Crippen LogP contribution in [0.1, 0.15) is 13.3 Å². The molecular formula is C7H13O4P. The lowest BCUT2D eigenvalue weighted by molar-refractivity contribution is -0.137. The lowest BCUT2D eigenvalue weighted by atomic mass is 10.5. The predicted octanol–water partition coefficient (Wildman–Crippen LogP) is 0.792. The minimum absolute atomic E-state index is 0.239. The van der Waals surface area contributed by atoms with E-state index < -0.39 is 14.3 Å². The lowest BCUT2D eigenvalue weighted by Crippen LogP contribution is -2.03. The van der Waals surface area contributed by atoms with Gasteiger partial charge in [0.15, 0.2) is 8.38 Å². The van der Waals surface area contributed by atoms with E-state index in [0.717, 1.165) is 0 Å². The minimum atomic E-state index is -1.85. The Bertz CT molecular complexity index is 155. The SMILES string of the molecule is CC=CC(=O)OCCCP(O)O. The van der Waals surface area contributed by atoms with Crippen LogP contribution in [0.15, 0.2) is 12.2 Å². The summed E-state index contributed by atoms with van der Waals surface area (Å²) >= 11 is 0. The van der Waals surface area contributed by atoms with Gasteiger partial charge in [-0.05, 0) is 13.3 Å². The highest BCUT2D eigenvalue weighted by Crippen LogP contribution is 2.22. The summed E-state index contributed by atoms with van der Waals surface area (Å²) in [4.78, 5) is 27.6. The normalized spacial score (nSPS) is 11.0. The van der Waals surface area contributed by atoms with Crippen molar-refractivity contribution in [3.8, 4) is 0 Å². The molecule has 0 unspecified atom stereocenters. The van der Waals surface area contributed by atoms with Gasteiger partial charge in [-0.1, -0.05) is 6.08 Å². The van der Waals surface area contributed by atoms with E-state index in [9.17, 15) is 4.79 Å². The molecule has 2 N–H and O–H groups in total. The van der Waals surface area contributed by atoms with Crippen LogP contribution in [0.2, 0.25) is 0 Å². The highest BCUT2D eigenvalue weighted by atomic mass is 31.2. The van der Waals surface area contributed by atoms with E-state index in [-0.39, 0.29) is 6.61 Å². The van der Waals surface area contributed by atoms with Gasteiger partial charge >= 0.3 is 5.97 Å². The summed E-state index contributed by atoms with van der Waals surface area (Å²) in [5.74, 6) is -0.391. The molecule has 0 aromatic heterocycles. The first kappa shape index (κ1) is 11.6. The van der Waals surface area contributed by atoms with Gasteiger partial charge < -0.3 is 14.5 Å². The molecule has 0 aliphatic carbocycles. The van der Waals surface area contributed by atoms with Crippen LogP contribution in [0.25, 0.3) is 0 Å². The summed E-state index contributed by atoms with van der Waals surface area (Å²) in [7, 11) is -1.85. The van der Waals surface area contributed by atoms with Gasteiger partial charge in [-0.2, -0.15) is 0 Å². The average molecular weight is 192 g/mol. The van der Waals surface area contributed by atoms with Crippen LogP contribution in [0.5, 0.6) is 0 Å². The summed E-state index contributed by atoms with van der Waals surface area (Å²) in [6.45, 7) is 1.96. The quantitative estimate of drug-likeness (QED) is 0.292. The summed E-state index contributed by atoms with van der Waals surface area (Å²) < 4.78 is 4.70. The van der Waals surface area contributed by atoms with Crippen LogP contribution < -0.4 is 0 Å². The minimum Gasteiger partial charge on any atom is -0.463 e. The van der Waals surface area contributed by atoms with E-state index >= 15 is 0 Å². The zero-order chi connectivity index (χ0) is 9.40. The maximum absolute atomic E-state index is 10.7. The van der Waals surface area contributed by atoms with Gasteiger partial charge in [0.2, 0.25) is 0 Å². The Morgan fingerprint density at radius 3 is 2.75 bits per heavy atom. The van der Waals surface area contributed by atoms with Crippen molar-refractivity contribution in [1.29, 1.82) is 0 Å². The second-order valence-corrected chi connectivity index (χ2v) is 3.31. The van der Waals surface area contributed by atoms with Crippen LogP contribution >= 0.6 is 8.38 Å². The number of esters is 1. The molecular weight excluding hydrogens is 179 g/mol.